The number of nitrogens with one attached hydrogen (secondary N) is 6. The molecule has 0 unspecified atom stereocenters. The number of benzene rings is 1. The zero-order valence-corrected chi connectivity index (χ0v) is 31.0. The van der Waals surface area contributed by atoms with Crippen LogP contribution in [-0.2, 0) is 40.0 Å². The second-order valence-corrected chi connectivity index (χ2v) is 13.6. The maximum atomic E-state index is 13.9. The zero-order valence-electron chi connectivity index (χ0n) is 31.0. The first kappa shape index (κ1) is 44.9. The summed E-state index contributed by atoms with van der Waals surface area (Å²) < 4.78 is 0. The number of aliphatic hydroxyl groups is 1. The normalized spacial score (nSPS) is 21.6. The fourth-order valence-electron chi connectivity index (χ4n) is 5.60. The molecular weight excluding hydrogens is 702 g/mol. The predicted octanol–water partition coefficient (Wildman–Crippen LogP) is -3.36. The molecule has 1 aromatic rings. The lowest BCUT2D eigenvalue weighted by Gasteiger charge is -2.28. The van der Waals surface area contributed by atoms with E-state index in [-0.39, 0.29) is 57.1 Å². The predicted molar refractivity (Wildman–Crippen MR) is 200 cm³/mol. The molecule has 0 bridgehead atoms. The van der Waals surface area contributed by atoms with Gasteiger partial charge in [0.15, 0.2) is 5.96 Å². The monoisotopic (exact) mass is 759 g/mol. The summed E-state index contributed by atoms with van der Waals surface area (Å²) in [4.78, 5) is 96.4. The van der Waals surface area contributed by atoms with Gasteiger partial charge in [-0.2, -0.15) is 0 Å². The van der Waals surface area contributed by atoms with Gasteiger partial charge in [0.1, 0.15) is 36.3 Å². The lowest BCUT2D eigenvalue weighted by atomic mass is 10.00. The average Bonchev–Trinajstić information content (AvgIpc) is 3.12. The van der Waals surface area contributed by atoms with Crippen LogP contribution < -0.4 is 54.8 Å². The van der Waals surface area contributed by atoms with E-state index in [1.807, 2.05) is 44.2 Å². The number of aliphatic imine (C=N–C) groups is 1. The number of carbonyl (C=O) groups is 7. The fraction of sp³-hybridized carbons (Fsp3) is 0.600. The van der Waals surface area contributed by atoms with Crippen molar-refractivity contribution in [1.82, 2.24) is 31.9 Å². The summed E-state index contributed by atoms with van der Waals surface area (Å²) >= 11 is 0. The maximum absolute atomic E-state index is 13.9. The summed E-state index contributed by atoms with van der Waals surface area (Å²) in [6.07, 6.45) is 1.22. The van der Waals surface area contributed by atoms with Gasteiger partial charge in [0, 0.05) is 13.1 Å². The van der Waals surface area contributed by atoms with Crippen LogP contribution in [0.4, 0.5) is 0 Å². The highest BCUT2D eigenvalue weighted by atomic mass is 16.3. The van der Waals surface area contributed by atoms with Crippen molar-refractivity contribution in [3.05, 3.63) is 35.9 Å². The fourth-order valence-corrected chi connectivity index (χ4v) is 5.60. The van der Waals surface area contributed by atoms with Crippen LogP contribution in [0.1, 0.15) is 70.8 Å². The van der Waals surface area contributed by atoms with Gasteiger partial charge in [-0.15, -0.1) is 0 Å². The minimum Gasteiger partial charge on any atom is -0.394 e. The largest absolute Gasteiger partial charge is 0.394 e. The Kier molecular flexibility index (Phi) is 19.4. The van der Waals surface area contributed by atoms with Crippen molar-refractivity contribution in [1.29, 1.82) is 0 Å². The number of amides is 7. The number of aryl methyl sites for hydroxylation is 1. The van der Waals surface area contributed by atoms with Crippen molar-refractivity contribution in [2.45, 2.75) is 108 Å². The quantitative estimate of drug-likeness (QED) is 0.0477. The molecule has 1 aliphatic rings. The molecule has 1 aromatic carbocycles. The van der Waals surface area contributed by atoms with Gasteiger partial charge >= 0.3 is 0 Å². The Morgan fingerprint density at radius 1 is 0.926 bits per heavy atom. The smallest absolute Gasteiger partial charge is 0.243 e. The van der Waals surface area contributed by atoms with Crippen LogP contribution >= 0.6 is 0 Å². The minimum absolute atomic E-state index is 0.0170. The second kappa shape index (κ2) is 23.4. The number of primary amides is 1. The molecule has 19 heteroatoms. The van der Waals surface area contributed by atoms with Crippen molar-refractivity contribution in [2.75, 3.05) is 19.7 Å². The van der Waals surface area contributed by atoms with Gasteiger partial charge in [-0.05, 0) is 62.8 Å². The number of nitrogens with two attached hydrogens (primary N) is 4. The summed E-state index contributed by atoms with van der Waals surface area (Å²) in [5.74, 6) is -5.46. The average molecular weight is 760 g/mol. The first-order valence-electron chi connectivity index (χ1n) is 18.1. The molecule has 19 nitrogen and oxygen atoms in total. The first-order valence-corrected chi connectivity index (χ1v) is 18.1. The van der Waals surface area contributed by atoms with Crippen LogP contribution in [0, 0.1) is 5.92 Å². The van der Waals surface area contributed by atoms with E-state index >= 15 is 0 Å². The van der Waals surface area contributed by atoms with Crippen molar-refractivity contribution in [2.24, 2.45) is 33.8 Å². The molecule has 6 atom stereocenters. The first-order chi connectivity index (χ1) is 25.6. The van der Waals surface area contributed by atoms with Crippen LogP contribution in [-0.4, -0.2) is 108 Å². The second-order valence-electron chi connectivity index (χ2n) is 13.6. The third-order valence-corrected chi connectivity index (χ3v) is 8.57. The van der Waals surface area contributed by atoms with Crippen molar-refractivity contribution in [3.63, 3.8) is 0 Å². The SMILES string of the molecule is CC(C)C[C@@H]1NC(=O)[C@@H](NC(=O)[C@@H](CCc2ccccc2)NC(=O)[C@@H](N)CO)CCCCNC(=O)C[C@@H](C(N)=O)NC(=O)[C@H](CCCN=C(N)N)NC1=O. The van der Waals surface area contributed by atoms with Crippen LogP contribution in [0.15, 0.2) is 35.3 Å². The Balaban J connectivity index is 2.43. The Hall–Kier alpha value is -5.30. The minimum atomic E-state index is -1.38. The van der Waals surface area contributed by atoms with E-state index < -0.39 is 90.6 Å². The zero-order chi connectivity index (χ0) is 40.2. The number of hydrogen-bond acceptors (Lipinski definition) is 10. The van der Waals surface area contributed by atoms with Gasteiger partial charge < -0.3 is 59.9 Å². The van der Waals surface area contributed by atoms with E-state index in [9.17, 15) is 38.7 Å². The molecule has 0 aromatic heterocycles. The highest BCUT2D eigenvalue weighted by Gasteiger charge is 2.33. The van der Waals surface area contributed by atoms with E-state index in [0.29, 0.717) is 19.3 Å². The number of nitrogens with zero attached hydrogens (tertiary/aromatic N) is 1. The Bertz CT molecular complexity index is 1460. The number of guanidine groups is 1. The van der Waals surface area contributed by atoms with E-state index in [1.54, 1.807) is 0 Å². The van der Waals surface area contributed by atoms with Gasteiger partial charge in [-0.25, -0.2) is 0 Å². The highest BCUT2D eigenvalue weighted by Crippen LogP contribution is 2.12. The van der Waals surface area contributed by atoms with E-state index in [1.165, 1.54) is 0 Å². The molecule has 15 N–H and O–H groups in total. The van der Waals surface area contributed by atoms with Crippen LogP contribution in [0.5, 0.6) is 0 Å². The highest BCUT2D eigenvalue weighted by molar-refractivity contribution is 5.97. The Labute approximate surface area is 314 Å². The molecule has 300 valence electrons. The number of hydrogen-bond donors (Lipinski definition) is 11. The molecule has 0 aliphatic carbocycles. The molecule has 7 amide bonds. The van der Waals surface area contributed by atoms with Gasteiger partial charge in [-0.1, -0.05) is 44.2 Å². The molecule has 1 aliphatic heterocycles. The van der Waals surface area contributed by atoms with Crippen molar-refractivity contribution < 1.29 is 38.7 Å². The van der Waals surface area contributed by atoms with Gasteiger partial charge in [-0.3, -0.25) is 38.6 Å². The lowest BCUT2D eigenvalue weighted by molar-refractivity contribution is -0.135. The van der Waals surface area contributed by atoms with Crippen LogP contribution in [0.25, 0.3) is 0 Å². The molecule has 0 saturated carbocycles. The van der Waals surface area contributed by atoms with Gasteiger partial charge in [0.2, 0.25) is 41.4 Å². The molecule has 1 saturated heterocycles. The maximum Gasteiger partial charge on any atom is 0.243 e. The summed E-state index contributed by atoms with van der Waals surface area (Å²) in [6, 6.07) is 1.83. The summed E-state index contributed by atoms with van der Waals surface area (Å²) in [6.45, 7) is 3.27. The van der Waals surface area contributed by atoms with Gasteiger partial charge in [0.25, 0.3) is 0 Å². The molecule has 54 heavy (non-hydrogen) atoms. The lowest BCUT2D eigenvalue weighted by Crippen LogP contribution is -2.59. The van der Waals surface area contributed by atoms with E-state index in [4.69, 9.17) is 22.9 Å². The molecule has 0 spiro atoms. The third-order valence-electron chi connectivity index (χ3n) is 8.57. The third kappa shape index (κ3) is 16.6. The molecule has 0 radical (unpaired) electrons. The molecular formula is C35H57N11O8. The van der Waals surface area contributed by atoms with Crippen LogP contribution in [0.3, 0.4) is 0 Å². The standard InChI is InChI=1S/C35H57N11O8/c1-20(2)17-27-34(54)44-24(12-8-16-41-35(38)39)31(51)45-26(29(37)49)18-28(48)40-15-7-6-11-23(32(52)46-27)43-33(53)25(42-30(50)22(36)19-47)14-13-21-9-4-3-5-10-21/h3-5,9-10,20,22-27,47H,6-8,11-19,36H2,1-2H3,(H2,37,49)(H,40,48)(H,42,50)(H,43,53)(H,44,54)(H,45,51)(H,46,52)(H4,38,39,41)/t22-,23-,24-,25+,26-,27-/m0/s1. The van der Waals surface area contributed by atoms with Crippen molar-refractivity contribution >= 4 is 47.3 Å². The molecule has 1 heterocycles. The van der Waals surface area contributed by atoms with Crippen LogP contribution in [0.2, 0.25) is 0 Å². The number of rotatable bonds is 15. The van der Waals surface area contributed by atoms with Gasteiger partial charge in [0.05, 0.1) is 13.0 Å². The summed E-state index contributed by atoms with van der Waals surface area (Å²) in [5, 5.41) is 25.2. The summed E-state index contributed by atoms with van der Waals surface area (Å²) in [7, 11) is 0. The van der Waals surface area contributed by atoms with E-state index in [0.717, 1.165) is 5.56 Å². The number of aliphatic hydroxyl groups excluding tert-OH is 1. The topological polar surface area (TPSA) is 328 Å². The Morgan fingerprint density at radius 2 is 1.59 bits per heavy atom. The molecule has 2 rings (SSSR count). The molecule has 1 fully saturated rings. The van der Waals surface area contributed by atoms with E-state index in [2.05, 4.69) is 36.9 Å². The van der Waals surface area contributed by atoms with Crippen molar-refractivity contribution in [3.8, 4) is 0 Å². The number of carbonyl (C=O) groups excluding carboxylic acids is 7. The summed E-state index contributed by atoms with van der Waals surface area (Å²) in [5.41, 5.74) is 22.9. The Morgan fingerprint density at radius 3 is 2.22 bits per heavy atom.